The summed E-state index contributed by atoms with van der Waals surface area (Å²) >= 11 is 0. The van der Waals surface area contributed by atoms with Gasteiger partial charge < -0.3 is 20.1 Å². The normalized spacial score (nSPS) is 10.4. The molecule has 0 aliphatic rings. The van der Waals surface area contributed by atoms with Gasteiger partial charge in [-0.25, -0.2) is 4.79 Å². The standard InChI is InChI=1S/C22H20N6O3/c1-30-17-11-7-15(8-12-17)23-22(29)24-20-6-4-3-5-19(20)21-25-27-28(26-21)16-9-13-18(31-2)14-10-16/h3-14H,1-2H3,(H2,23,24,29). The summed E-state index contributed by atoms with van der Waals surface area (Å²) in [6.07, 6.45) is 0. The zero-order valence-electron chi connectivity index (χ0n) is 16.9. The summed E-state index contributed by atoms with van der Waals surface area (Å²) < 4.78 is 10.3. The Labute approximate surface area is 178 Å². The highest BCUT2D eigenvalue weighted by Crippen LogP contribution is 2.25. The summed E-state index contributed by atoms with van der Waals surface area (Å²) in [5.74, 6) is 1.83. The zero-order chi connectivity index (χ0) is 21.6. The number of nitrogens with one attached hydrogen (secondary N) is 2. The molecule has 0 fully saturated rings. The molecule has 0 atom stereocenters. The number of urea groups is 1. The Hall–Kier alpha value is -4.40. The van der Waals surface area contributed by atoms with Crippen LogP contribution in [0.1, 0.15) is 0 Å². The number of anilines is 2. The number of carbonyl (C=O) groups excluding carboxylic acids is 1. The lowest BCUT2D eigenvalue weighted by molar-refractivity contribution is 0.262. The molecule has 9 nitrogen and oxygen atoms in total. The Bertz CT molecular complexity index is 1170. The third-order valence-corrected chi connectivity index (χ3v) is 4.48. The van der Waals surface area contributed by atoms with Crippen molar-refractivity contribution in [1.29, 1.82) is 0 Å². The summed E-state index contributed by atoms with van der Waals surface area (Å²) in [4.78, 5) is 13.9. The molecule has 3 aromatic carbocycles. The van der Waals surface area contributed by atoms with Gasteiger partial charge in [0.05, 0.1) is 25.6 Å². The summed E-state index contributed by atoms with van der Waals surface area (Å²) in [5.41, 5.74) is 2.58. The van der Waals surface area contributed by atoms with Crippen molar-refractivity contribution in [2.45, 2.75) is 0 Å². The van der Waals surface area contributed by atoms with Crippen molar-refractivity contribution in [3.05, 3.63) is 72.8 Å². The third-order valence-electron chi connectivity index (χ3n) is 4.48. The van der Waals surface area contributed by atoms with E-state index in [1.54, 1.807) is 44.6 Å². The smallest absolute Gasteiger partial charge is 0.323 e. The van der Waals surface area contributed by atoms with Gasteiger partial charge in [-0.2, -0.15) is 0 Å². The van der Waals surface area contributed by atoms with Gasteiger partial charge in [-0.15, -0.1) is 15.0 Å². The van der Waals surface area contributed by atoms with E-state index in [0.717, 1.165) is 11.4 Å². The van der Waals surface area contributed by atoms with Crippen LogP contribution in [0.2, 0.25) is 0 Å². The van der Waals surface area contributed by atoms with Gasteiger partial charge >= 0.3 is 6.03 Å². The Balaban J connectivity index is 1.51. The zero-order valence-corrected chi connectivity index (χ0v) is 16.9. The van der Waals surface area contributed by atoms with Crippen molar-refractivity contribution >= 4 is 17.4 Å². The second kappa shape index (κ2) is 8.95. The lowest BCUT2D eigenvalue weighted by Crippen LogP contribution is -2.19. The van der Waals surface area contributed by atoms with Crippen molar-refractivity contribution in [2.24, 2.45) is 0 Å². The Morgan fingerprint density at radius 1 is 0.839 bits per heavy atom. The minimum absolute atomic E-state index is 0.385. The molecule has 0 aliphatic carbocycles. The van der Waals surface area contributed by atoms with E-state index in [-0.39, 0.29) is 6.03 Å². The van der Waals surface area contributed by atoms with Crippen molar-refractivity contribution in [3.63, 3.8) is 0 Å². The fourth-order valence-corrected chi connectivity index (χ4v) is 2.89. The van der Waals surface area contributed by atoms with Gasteiger partial charge in [-0.3, -0.25) is 0 Å². The predicted octanol–water partition coefficient (Wildman–Crippen LogP) is 3.99. The number of rotatable bonds is 6. The Morgan fingerprint density at radius 2 is 1.48 bits per heavy atom. The first kappa shape index (κ1) is 19.9. The first-order valence-corrected chi connectivity index (χ1v) is 9.42. The molecule has 0 unspecified atom stereocenters. The van der Waals surface area contributed by atoms with Crippen molar-refractivity contribution < 1.29 is 14.3 Å². The molecule has 1 heterocycles. The lowest BCUT2D eigenvalue weighted by atomic mass is 10.1. The van der Waals surface area contributed by atoms with Crippen LogP contribution in [0, 0.1) is 0 Å². The molecule has 2 N–H and O–H groups in total. The van der Waals surface area contributed by atoms with E-state index in [4.69, 9.17) is 9.47 Å². The molecular weight excluding hydrogens is 396 g/mol. The van der Waals surface area contributed by atoms with Gasteiger partial charge in [0.25, 0.3) is 0 Å². The maximum Gasteiger partial charge on any atom is 0.323 e. The fraction of sp³-hybridized carbons (Fsp3) is 0.0909. The molecule has 2 amide bonds. The van der Waals surface area contributed by atoms with Crippen molar-refractivity contribution in [3.8, 4) is 28.6 Å². The molecular formula is C22H20N6O3. The average Bonchev–Trinajstić information content (AvgIpc) is 3.30. The maximum atomic E-state index is 12.5. The van der Waals surface area contributed by atoms with Crippen LogP contribution in [0.25, 0.3) is 17.1 Å². The van der Waals surface area contributed by atoms with Crippen LogP contribution in [0.15, 0.2) is 72.8 Å². The van der Waals surface area contributed by atoms with Crippen molar-refractivity contribution in [1.82, 2.24) is 20.2 Å². The van der Waals surface area contributed by atoms with E-state index in [2.05, 4.69) is 26.0 Å². The van der Waals surface area contributed by atoms with E-state index in [0.29, 0.717) is 28.5 Å². The highest BCUT2D eigenvalue weighted by Gasteiger charge is 2.14. The van der Waals surface area contributed by atoms with Gasteiger partial charge in [0.15, 0.2) is 0 Å². The summed E-state index contributed by atoms with van der Waals surface area (Å²) in [6.45, 7) is 0. The number of tetrazole rings is 1. The van der Waals surface area contributed by atoms with E-state index < -0.39 is 0 Å². The van der Waals surface area contributed by atoms with Gasteiger partial charge in [-0.1, -0.05) is 12.1 Å². The van der Waals surface area contributed by atoms with Crippen LogP contribution in [-0.4, -0.2) is 40.5 Å². The number of hydrogen-bond donors (Lipinski definition) is 2. The summed E-state index contributed by atoms with van der Waals surface area (Å²) in [5, 5.41) is 18.3. The molecule has 9 heteroatoms. The molecule has 31 heavy (non-hydrogen) atoms. The summed E-state index contributed by atoms with van der Waals surface area (Å²) in [6, 6.07) is 21.2. The Morgan fingerprint density at radius 3 is 2.16 bits per heavy atom. The highest BCUT2D eigenvalue weighted by atomic mass is 16.5. The fourth-order valence-electron chi connectivity index (χ4n) is 2.89. The molecule has 0 spiro atoms. The number of benzene rings is 3. The van der Waals surface area contributed by atoms with E-state index in [1.165, 1.54) is 4.80 Å². The molecule has 0 radical (unpaired) electrons. The second-order valence-corrected chi connectivity index (χ2v) is 6.45. The number of nitrogens with zero attached hydrogens (tertiary/aromatic N) is 4. The highest BCUT2D eigenvalue weighted by molar-refractivity contribution is 6.01. The van der Waals surface area contributed by atoms with E-state index in [9.17, 15) is 4.79 Å². The SMILES string of the molecule is COc1ccc(NC(=O)Nc2ccccc2-c2nnn(-c3ccc(OC)cc3)n2)cc1. The number of carbonyl (C=O) groups is 1. The monoisotopic (exact) mass is 416 g/mol. The molecule has 0 saturated carbocycles. The minimum atomic E-state index is -0.389. The first-order valence-electron chi connectivity index (χ1n) is 9.42. The van der Waals surface area contributed by atoms with E-state index >= 15 is 0 Å². The van der Waals surface area contributed by atoms with Crippen molar-refractivity contribution in [2.75, 3.05) is 24.9 Å². The van der Waals surface area contributed by atoms with Crippen LogP contribution < -0.4 is 20.1 Å². The van der Waals surface area contributed by atoms with Gasteiger partial charge in [0.1, 0.15) is 11.5 Å². The maximum absolute atomic E-state index is 12.5. The molecule has 0 saturated heterocycles. The number of ether oxygens (including phenoxy) is 2. The van der Waals surface area contributed by atoms with E-state index in [1.807, 2.05) is 42.5 Å². The number of para-hydroxylation sites is 1. The number of amides is 2. The quantitative estimate of drug-likeness (QED) is 0.493. The Kier molecular flexibility index (Phi) is 5.75. The molecule has 4 aromatic rings. The number of hydrogen-bond acceptors (Lipinski definition) is 6. The molecule has 4 rings (SSSR count). The molecule has 0 aliphatic heterocycles. The molecule has 0 bridgehead atoms. The van der Waals surface area contributed by atoms with Crippen LogP contribution in [0.5, 0.6) is 11.5 Å². The first-order chi connectivity index (χ1) is 15.2. The van der Waals surface area contributed by atoms with Gasteiger partial charge in [0.2, 0.25) is 5.82 Å². The predicted molar refractivity (Wildman–Crippen MR) is 117 cm³/mol. The largest absolute Gasteiger partial charge is 0.497 e. The topological polar surface area (TPSA) is 103 Å². The number of methoxy groups -OCH3 is 2. The van der Waals surface area contributed by atoms with Crippen LogP contribution >= 0.6 is 0 Å². The lowest BCUT2D eigenvalue weighted by Gasteiger charge is -2.10. The van der Waals surface area contributed by atoms with Gasteiger partial charge in [-0.05, 0) is 65.9 Å². The van der Waals surface area contributed by atoms with Crippen LogP contribution in [0.3, 0.4) is 0 Å². The van der Waals surface area contributed by atoms with Crippen LogP contribution in [0.4, 0.5) is 16.2 Å². The second-order valence-electron chi connectivity index (χ2n) is 6.45. The molecule has 1 aromatic heterocycles. The average molecular weight is 416 g/mol. The van der Waals surface area contributed by atoms with Gasteiger partial charge in [0, 0.05) is 11.3 Å². The minimum Gasteiger partial charge on any atom is -0.497 e. The third kappa shape index (κ3) is 4.61. The molecule has 156 valence electrons. The number of aromatic nitrogens is 4. The van der Waals surface area contributed by atoms with Crippen LogP contribution in [-0.2, 0) is 0 Å². The summed E-state index contributed by atoms with van der Waals surface area (Å²) in [7, 11) is 3.19.